The number of nitrogens with two attached hydrogens (primary N) is 1. The first-order valence-corrected chi connectivity index (χ1v) is 7.61. The maximum absolute atomic E-state index is 11.1. The molecule has 0 spiro atoms. The Balaban J connectivity index is 2.13. The Bertz CT molecular complexity index is 636. The van der Waals surface area contributed by atoms with Crippen LogP contribution in [0.25, 0.3) is 5.69 Å². The lowest BCUT2D eigenvalue weighted by molar-refractivity contribution is 0.0995. The maximum Gasteiger partial charge on any atom is 0.269 e. The third kappa shape index (κ3) is 4.15. The van der Waals surface area contributed by atoms with Crippen molar-refractivity contribution in [1.29, 1.82) is 0 Å². The molecule has 1 aromatic carbocycles. The molecule has 0 bridgehead atoms. The van der Waals surface area contributed by atoms with Crippen LogP contribution in [-0.4, -0.2) is 22.2 Å². The quantitative estimate of drug-likeness (QED) is 0.840. The van der Waals surface area contributed by atoms with E-state index in [4.69, 9.17) is 5.73 Å². The number of carbonyl (C=O) groups excluding carboxylic acids is 1. The molecule has 5 nitrogen and oxygen atoms in total. The minimum absolute atomic E-state index is 0.254. The van der Waals surface area contributed by atoms with E-state index in [0.717, 1.165) is 23.2 Å². The standard InChI is InChI=1S/C15H19BrN4O/c1-10(2)8-18-9-11-3-4-14(12(16)7-11)20-6-5-13(19-20)15(17)21/h3-7,10,18H,8-9H2,1-2H3,(H2,17,21). The number of nitrogens with one attached hydrogen (secondary N) is 1. The predicted molar refractivity (Wildman–Crippen MR) is 86.3 cm³/mol. The van der Waals surface area contributed by atoms with Crippen LogP contribution in [0.15, 0.2) is 34.9 Å². The number of aromatic nitrogens is 2. The van der Waals surface area contributed by atoms with Crippen LogP contribution in [-0.2, 0) is 6.54 Å². The van der Waals surface area contributed by atoms with E-state index < -0.39 is 5.91 Å². The van der Waals surface area contributed by atoms with Gasteiger partial charge >= 0.3 is 0 Å². The Morgan fingerprint density at radius 3 is 2.76 bits per heavy atom. The van der Waals surface area contributed by atoms with Gasteiger partial charge in [-0.25, -0.2) is 4.68 Å². The van der Waals surface area contributed by atoms with Crippen molar-refractivity contribution in [3.8, 4) is 5.69 Å². The van der Waals surface area contributed by atoms with Gasteiger partial charge in [0.1, 0.15) is 5.69 Å². The van der Waals surface area contributed by atoms with Crippen LogP contribution in [0.2, 0.25) is 0 Å². The fourth-order valence-electron chi connectivity index (χ4n) is 1.94. The molecule has 6 heteroatoms. The van der Waals surface area contributed by atoms with Crippen molar-refractivity contribution in [2.75, 3.05) is 6.54 Å². The van der Waals surface area contributed by atoms with Gasteiger partial charge in [-0.1, -0.05) is 19.9 Å². The Morgan fingerprint density at radius 1 is 1.43 bits per heavy atom. The van der Waals surface area contributed by atoms with Crippen LogP contribution in [0, 0.1) is 5.92 Å². The van der Waals surface area contributed by atoms with E-state index in [1.165, 1.54) is 5.56 Å². The molecule has 0 atom stereocenters. The predicted octanol–water partition coefficient (Wildman–Crippen LogP) is 2.48. The molecule has 0 fully saturated rings. The summed E-state index contributed by atoms with van der Waals surface area (Å²) in [5, 5.41) is 7.55. The van der Waals surface area contributed by atoms with Gasteiger partial charge < -0.3 is 11.1 Å². The topological polar surface area (TPSA) is 72.9 Å². The molecule has 1 heterocycles. The molecule has 3 N–H and O–H groups in total. The molecule has 21 heavy (non-hydrogen) atoms. The third-order valence-corrected chi connectivity index (χ3v) is 3.62. The lowest BCUT2D eigenvalue weighted by Crippen LogP contribution is -2.19. The second-order valence-electron chi connectivity index (χ2n) is 5.32. The number of rotatable bonds is 6. The number of nitrogens with zero attached hydrogens (tertiary/aromatic N) is 2. The fraction of sp³-hybridized carbons (Fsp3) is 0.333. The minimum atomic E-state index is -0.528. The van der Waals surface area contributed by atoms with Crippen molar-refractivity contribution in [3.63, 3.8) is 0 Å². The van der Waals surface area contributed by atoms with Crippen molar-refractivity contribution in [2.24, 2.45) is 11.7 Å². The normalized spacial score (nSPS) is 11.0. The summed E-state index contributed by atoms with van der Waals surface area (Å²) in [6, 6.07) is 7.66. The molecule has 0 saturated heterocycles. The van der Waals surface area contributed by atoms with E-state index in [-0.39, 0.29) is 5.69 Å². The highest BCUT2D eigenvalue weighted by Gasteiger charge is 2.09. The second kappa shape index (κ2) is 6.87. The Morgan fingerprint density at radius 2 is 2.19 bits per heavy atom. The van der Waals surface area contributed by atoms with E-state index in [1.54, 1.807) is 16.9 Å². The van der Waals surface area contributed by atoms with E-state index in [2.05, 4.69) is 40.2 Å². The highest BCUT2D eigenvalue weighted by molar-refractivity contribution is 9.10. The first kappa shape index (κ1) is 15.7. The second-order valence-corrected chi connectivity index (χ2v) is 6.17. The molecule has 2 rings (SSSR count). The van der Waals surface area contributed by atoms with E-state index in [9.17, 15) is 4.79 Å². The van der Waals surface area contributed by atoms with Gasteiger partial charge in [0.15, 0.2) is 0 Å². The molecule has 112 valence electrons. The zero-order valence-electron chi connectivity index (χ0n) is 12.1. The molecule has 0 saturated carbocycles. The van der Waals surface area contributed by atoms with Gasteiger partial charge in [-0.2, -0.15) is 5.10 Å². The number of hydrogen-bond acceptors (Lipinski definition) is 3. The highest BCUT2D eigenvalue weighted by Crippen LogP contribution is 2.22. The summed E-state index contributed by atoms with van der Waals surface area (Å²) in [4.78, 5) is 11.1. The van der Waals surface area contributed by atoms with Gasteiger partial charge in [0.2, 0.25) is 0 Å². The zero-order chi connectivity index (χ0) is 15.4. The van der Waals surface area contributed by atoms with Crippen molar-refractivity contribution >= 4 is 21.8 Å². The van der Waals surface area contributed by atoms with Gasteiger partial charge in [-0.3, -0.25) is 4.79 Å². The average molecular weight is 351 g/mol. The molecule has 2 aromatic rings. The lowest BCUT2D eigenvalue weighted by atomic mass is 10.2. The SMILES string of the molecule is CC(C)CNCc1ccc(-n2ccc(C(N)=O)n2)c(Br)c1. The largest absolute Gasteiger partial charge is 0.364 e. The lowest BCUT2D eigenvalue weighted by Gasteiger charge is -2.10. The number of carbonyl (C=O) groups is 1. The van der Waals surface area contributed by atoms with E-state index >= 15 is 0 Å². The van der Waals surface area contributed by atoms with E-state index in [1.807, 2.05) is 18.2 Å². The molecule has 0 aliphatic rings. The summed E-state index contributed by atoms with van der Waals surface area (Å²) in [6.45, 7) is 6.17. The number of halogens is 1. The first-order chi connectivity index (χ1) is 9.97. The average Bonchev–Trinajstić information content (AvgIpc) is 2.88. The zero-order valence-corrected chi connectivity index (χ0v) is 13.7. The molecule has 0 radical (unpaired) electrons. The number of hydrogen-bond donors (Lipinski definition) is 2. The molecule has 0 aliphatic carbocycles. The monoisotopic (exact) mass is 350 g/mol. The van der Waals surface area contributed by atoms with Crippen LogP contribution in [0.5, 0.6) is 0 Å². The highest BCUT2D eigenvalue weighted by atomic mass is 79.9. The molecule has 0 unspecified atom stereocenters. The first-order valence-electron chi connectivity index (χ1n) is 6.82. The van der Waals surface area contributed by atoms with Gasteiger partial charge in [-0.05, 0) is 52.2 Å². The van der Waals surface area contributed by atoms with Crippen molar-refractivity contribution in [3.05, 3.63) is 46.2 Å². The van der Waals surface area contributed by atoms with Crippen molar-refractivity contribution in [2.45, 2.75) is 20.4 Å². The van der Waals surface area contributed by atoms with Crippen LogP contribution >= 0.6 is 15.9 Å². The minimum Gasteiger partial charge on any atom is -0.364 e. The molecular weight excluding hydrogens is 332 g/mol. The maximum atomic E-state index is 11.1. The summed E-state index contributed by atoms with van der Waals surface area (Å²) in [5.41, 5.74) is 7.52. The van der Waals surface area contributed by atoms with Gasteiger partial charge in [0, 0.05) is 17.2 Å². The summed E-state index contributed by atoms with van der Waals surface area (Å²) < 4.78 is 2.56. The summed E-state index contributed by atoms with van der Waals surface area (Å²) in [5.74, 6) is 0.100. The number of benzene rings is 1. The fourth-order valence-corrected chi connectivity index (χ4v) is 2.55. The third-order valence-electron chi connectivity index (χ3n) is 2.98. The van der Waals surface area contributed by atoms with Crippen LogP contribution in [0.3, 0.4) is 0 Å². The molecule has 1 aromatic heterocycles. The Labute approximate surface area is 132 Å². The molecular formula is C15H19BrN4O. The molecule has 1 amide bonds. The number of primary amides is 1. The van der Waals surface area contributed by atoms with Crippen LogP contribution in [0.1, 0.15) is 29.9 Å². The van der Waals surface area contributed by atoms with Gasteiger partial charge in [0.25, 0.3) is 5.91 Å². The van der Waals surface area contributed by atoms with E-state index in [0.29, 0.717) is 5.92 Å². The Hall–Kier alpha value is -1.66. The van der Waals surface area contributed by atoms with Gasteiger partial charge in [0.05, 0.1) is 5.69 Å². The van der Waals surface area contributed by atoms with Crippen LogP contribution < -0.4 is 11.1 Å². The smallest absolute Gasteiger partial charge is 0.269 e. The summed E-state index contributed by atoms with van der Waals surface area (Å²) >= 11 is 3.55. The summed E-state index contributed by atoms with van der Waals surface area (Å²) in [7, 11) is 0. The molecule has 0 aliphatic heterocycles. The van der Waals surface area contributed by atoms with Crippen molar-refractivity contribution in [1.82, 2.24) is 15.1 Å². The van der Waals surface area contributed by atoms with Gasteiger partial charge in [-0.15, -0.1) is 0 Å². The number of amides is 1. The summed E-state index contributed by atoms with van der Waals surface area (Å²) in [6.07, 6.45) is 1.72. The Kier molecular flexibility index (Phi) is 5.14. The van der Waals surface area contributed by atoms with Crippen LogP contribution in [0.4, 0.5) is 0 Å². The van der Waals surface area contributed by atoms with Crippen molar-refractivity contribution < 1.29 is 4.79 Å².